The third-order valence-corrected chi connectivity index (χ3v) is 6.57. The Morgan fingerprint density at radius 1 is 1.20 bits per heavy atom. The maximum atomic E-state index is 13.0. The topological polar surface area (TPSA) is 86.7 Å². The van der Waals surface area contributed by atoms with Gasteiger partial charge in [0.1, 0.15) is 16.3 Å². The molecule has 25 heavy (non-hydrogen) atoms. The first-order valence-corrected chi connectivity index (χ1v) is 9.29. The van der Waals surface area contributed by atoms with Crippen LogP contribution in [0.5, 0.6) is 5.75 Å². The van der Waals surface area contributed by atoms with Crippen LogP contribution in [0.15, 0.2) is 47.6 Å². The van der Waals surface area contributed by atoms with Gasteiger partial charge in [0.2, 0.25) is 0 Å². The number of hydrogen-bond acceptors (Lipinski definition) is 5. The van der Waals surface area contributed by atoms with E-state index in [-0.39, 0.29) is 10.6 Å². The first kappa shape index (κ1) is 17.3. The molecule has 3 rings (SSSR count). The van der Waals surface area contributed by atoms with E-state index < -0.39 is 14.6 Å². The van der Waals surface area contributed by atoms with Crippen molar-refractivity contribution in [1.82, 2.24) is 9.38 Å². The van der Waals surface area contributed by atoms with Crippen molar-refractivity contribution in [3.8, 4) is 17.0 Å². The molecule has 1 aromatic carbocycles. The summed E-state index contributed by atoms with van der Waals surface area (Å²) >= 11 is 0. The van der Waals surface area contributed by atoms with Crippen LogP contribution >= 0.6 is 0 Å². The van der Waals surface area contributed by atoms with Crippen LogP contribution in [-0.2, 0) is 9.84 Å². The third-order valence-electron chi connectivity index (χ3n) is 4.07. The molecule has 0 fully saturated rings. The number of sulfone groups is 1. The molecule has 3 aromatic rings. The molecule has 0 aliphatic carbocycles. The van der Waals surface area contributed by atoms with Gasteiger partial charge in [0.15, 0.2) is 9.84 Å². The number of benzene rings is 1. The molecule has 0 amide bonds. The van der Waals surface area contributed by atoms with Gasteiger partial charge in [0.05, 0.1) is 23.7 Å². The zero-order valence-corrected chi connectivity index (χ0v) is 15.5. The Morgan fingerprint density at radius 3 is 2.52 bits per heavy atom. The highest BCUT2D eigenvalue weighted by Gasteiger charge is 2.34. The first-order valence-electron chi connectivity index (χ1n) is 7.81. The summed E-state index contributed by atoms with van der Waals surface area (Å²) in [6.07, 6.45) is 3.26. The van der Waals surface area contributed by atoms with Crippen molar-refractivity contribution in [3.63, 3.8) is 0 Å². The molecule has 0 spiro atoms. The Hall–Kier alpha value is -2.54. The Morgan fingerprint density at radius 2 is 1.92 bits per heavy atom. The molecular weight excluding hydrogens is 338 g/mol. The lowest BCUT2D eigenvalue weighted by molar-refractivity contribution is 0.401. The van der Waals surface area contributed by atoms with Crippen LogP contribution in [0.1, 0.15) is 20.8 Å². The average molecular weight is 359 g/mol. The summed E-state index contributed by atoms with van der Waals surface area (Å²) in [5.41, 5.74) is 8.71. The van der Waals surface area contributed by atoms with Gasteiger partial charge >= 0.3 is 0 Å². The van der Waals surface area contributed by atoms with Gasteiger partial charge < -0.3 is 10.5 Å². The minimum atomic E-state index is -3.59. The van der Waals surface area contributed by atoms with Crippen LogP contribution in [0.25, 0.3) is 16.9 Å². The molecule has 0 aliphatic rings. The van der Waals surface area contributed by atoms with Gasteiger partial charge in [-0.3, -0.25) is 4.40 Å². The summed E-state index contributed by atoms with van der Waals surface area (Å²) in [4.78, 5) is 4.50. The second-order valence-electron chi connectivity index (χ2n) is 6.82. The third kappa shape index (κ3) is 2.84. The van der Waals surface area contributed by atoms with Gasteiger partial charge in [0, 0.05) is 23.5 Å². The van der Waals surface area contributed by atoms with E-state index in [1.807, 2.05) is 18.2 Å². The van der Waals surface area contributed by atoms with Crippen molar-refractivity contribution in [2.45, 2.75) is 30.4 Å². The van der Waals surface area contributed by atoms with E-state index >= 15 is 0 Å². The molecule has 6 nitrogen and oxygen atoms in total. The predicted octanol–water partition coefficient (Wildman–Crippen LogP) is 3.16. The number of aromatic nitrogens is 2. The van der Waals surface area contributed by atoms with Crippen molar-refractivity contribution in [2.24, 2.45) is 0 Å². The molecule has 132 valence electrons. The van der Waals surface area contributed by atoms with E-state index in [2.05, 4.69) is 4.98 Å². The molecule has 0 bridgehead atoms. The average Bonchev–Trinajstić information content (AvgIpc) is 2.95. The minimum Gasteiger partial charge on any atom is -0.495 e. The summed E-state index contributed by atoms with van der Waals surface area (Å²) in [6, 6.07) is 9.01. The number of fused-ring (bicyclic) bond motifs is 1. The van der Waals surface area contributed by atoms with E-state index in [1.54, 1.807) is 49.7 Å². The Balaban J connectivity index is 2.31. The minimum absolute atomic E-state index is 0.137. The standard InChI is InChI=1S/C18H21N3O3S/c1-18(2,3)25(22,23)16-11-21-14(12-6-5-7-13(19)8-12)10-20-17(21)9-15(16)24-4/h5-11H,19H2,1-4H3. The normalized spacial score (nSPS) is 12.5. The number of nitrogens with zero attached hydrogens (tertiary/aromatic N) is 2. The van der Waals surface area contributed by atoms with E-state index in [0.717, 1.165) is 11.3 Å². The summed E-state index contributed by atoms with van der Waals surface area (Å²) in [5, 5.41) is 0. The van der Waals surface area contributed by atoms with Gasteiger partial charge in [-0.05, 0) is 32.9 Å². The lowest BCUT2D eigenvalue weighted by Crippen LogP contribution is -2.28. The Labute approximate surface area is 147 Å². The number of rotatable bonds is 3. The number of nitrogens with two attached hydrogens (primary N) is 1. The molecule has 0 radical (unpaired) electrons. The largest absolute Gasteiger partial charge is 0.495 e. The SMILES string of the molecule is COc1cc2ncc(-c3cccc(N)c3)n2cc1S(=O)(=O)C(C)(C)C. The van der Waals surface area contributed by atoms with E-state index in [4.69, 9.17) is 10.5 Å². The summed E-state index contributed by atoms with van der Waals surface area (Å²) in [5.74, 6) is 0.284. The van der Waals surface area contributed by atoms with Gasteiger partial charge in [-0.2, -0.15) is 0 Å². The number of nitrogen functional groups attached to an aromatic ring is 1. The number of ether oxygens (including phenoxy) is 1. The highest BCUT2D eigenvalue weighted by atomic mass is 32.2. The highest BCUT2D eigenvalue weighted by molar-refractivity contribution is 7.92. The molecule has 0 unspecified atom stereocenters. The van der Waals surface area contributed by atoms with E-state index in [1.165, 1.54) is 7.11 Å². The quantitative estimate of drug-likeness (QED) is 0.726. The number of imidazole rings is 1. The zero-order chi connectivity index (χ0) is 18.4. The van der Waals surface area contributed by atoms with Crippen molar-refractivity contribution >= 4 is 21.2 Å². The molecule has 0 saturated heterocycles. The molecule has 0 aliphatic heterocycles. The number of methoxy groups -OCH3 is 1. The zero-order valence-electron chi connectivity index (χ0n) is 14.6. The fourth-order valence-electron chi connectivity index (χ4n) is 2.59. The second kappa shape index (κ2) is 5.77. The van der Waals surface area contributed by atoms with Gasteiger partial charge in [-0.25, -0.2) is 13.4 Å². The molecule has 2 N–H and O–H groups in total. The number of pyridine rings is 1. The van der Waals surface area contributed by atoms with Crippen LogP contribution in [0, 0.1) is 0 Å². The fourth-order valence-corrected chi connectivity index (χ4v) is 3.90. The molecular formula is C18H21N3O3S. The van der Waals surface area contributed by atoms with Crippen LogP contribution in [0.2, 0.25) is 0 Å². The summed E-state index contributed by atoms with van der Waals surface area (Å²) < 4.78 is 32.0. The van der Waals surface area contributed by atoms with Crippen LogP contribution in [0.3, 0.4) is 0 Å². The molecule has 7 heteroatoms. The first-order chi connectivity index (χ1) is 11.6. The van der Waals surface area contributed by atoms with Gasteiger partial charge in [-0.15, -0.1) is 0 Å². The molecule has 2 aromatic heterocycles. The van der Waals surface area contributed by atoms with E-state index in [9.17, 15) is 8.42 Å². The highest BCUT2D eigenvalue weighted by Crippen LogP contribution is 2.34. The monoisotopic (exact) mass is 359 g/mol. The number of anilines is 1. The molecule has 0 atom stereocenters. The maximum absolute atomic E-state index is 13.0. The summed E-state index contributed by atoms with van der Waals surface area (Å²) in [6.45, 7) is 5.00. The number of hydrogen-bond donors (Lipinski definition) is 1. The van der Waals surface area contributed by atoms with Crippen molar-refractivity contribution in [2.75, 3.05) is 12.8 Å². The Kier molecular flexibility index (Phi) is 3.99. The van der Waals surface area contributed by atoms with Crippen LogP contribution < -0.4 is 10.5 Å². The Bertz CT molecular complexity index is 1050. The maximum Gasteiger partial charge on any atom is 0.188 e. The van der Waals surface area contributed by atoms with Gasteiger partial charge in [-0.1, -0.05) is 12.1 Å². The lowest BCUT2D eigenvalue weighted by Gasteiger charge is -2.21. The second-order valence-corrected chi connectivity index (χ2v) is 9.49. The smallest absolute Gasteiger partial charge is 0.188 e. The van der Waals surface area contributed by atoms with Crippen molar-refractivity contribution < 1.29 is 13.2 Å². The van der Waals surface area contributed by atoms with Crippen LogP contribution in [-0.4, -0.2) is 29.7 Å². The van der Waals surface area contributed by atoms with E-state index in [0.29, 0.717) is 11.3 Å². The molecule has 0 saturated carbocycles. The lowest BCUT2D eigenvalue weighted by atomic mass is 10.1. The van der Waals surface area contributed by atoms with Crippen molar-refractivity contribution in [1.29, 1.82) is 0 Å². The van der Waals surface area contributed by atoms with Gasteiger partial charge in [0.25, 0.3) is 0 Å². The van der Waals surface area contributed by atoms with Crippen molar-refractivity contribution in [3.05, 3.63) is 42.7 Å². The fraction of sp³-hybridized carbons (Fsp3) is 0.278. The molecule has 2 heterocycles. The predicted molar refractivity (Wildman–Crippen MR) is 98.5 cm³/mol. The summed E-state index contributed by atoms with van der Waals surface area (Å²) in [7, 11) is -2.14. The van der Waals surface area contributed by atoms with Crippen LogP contribution in [0.4, 0.5) is 5.69 Å².